The Balaban J connectivity index is -0.000000916. The number of nitrogens with zero attached hydrogens (tertiary/aromatic N) is 2. The second-order valence-corrected chi connectivity index (χ2v) is 7.83. The van der Waals surface area contributed by atoms with Gasteiger partial charge in [-0.15, -0.1) is 0 Å². The van der Waals surface area contributed by atoms with Gasteiger partial charge in [-0.1, -0.05) is 6.92 Å². The molecule has 2 atom stereocenters. The molecule has 1 radical (unpaired) electrons. The molecular formula is C10H28N3O4P2Y-. The van der Waals surface area contributed by atoms with E-state index < -0.39 is 15.2 Å². The largest absolute Gasteiger partial charge is 0.680 e. The van der Waals surface area contributed by atoms with Crippen LogP contribution in [0.4, 0.5) is 0 Å². The summed E-state index contributed by atoms with van der Waals surface area (Å²) in [6.45, 7) is 8.54. The van der Waals surface area contributed by atoms with E-state index >= 15 is 0 Å². The van der Waals surface area contributed by atoms with Crippen molar-refractivity contribution in [2.75, 3.05) is 40.6 Å². The molecule has 20 heavy (non-hydrogen) atoms. The number of hydrogen-bond donors (Lipinski definition) is 1. The smallest absolute Gasteiger partial charge is 0.338 e. The Morgan fingerprint density at radius 3 is 1.90 bits per heavy atom. The quantitative estimate of drug-likeness (QED) is 0.606. The van der Waals surface area contributed by atoms with E-state index in [2.05, 4.69) is 9.26 Å². The first-order chi connectivity index (χ1) is 8.95. The molecule has 2 N–H and O–H groups in total. The first kappa shape index (κ1) is 26.3. The van der Waals surface area contributed by atoms with Gasteiger partial charge in [0.2, 0.25) is 7.51 Å². The summed E-state index contributed by atoms with van der Waals surface area (Å²) in [6.07, 6.45) is 0.842. The van der Waals surface area contributed by atoms with Crippen molar-refractivity contribution >= 4 is 15.2 Å². The molecule has 0 rings (SSSR count). The third kappa shape index (κ3) is 12.0. The Kier molecular flexibility index (Phi) is 20.1. The second-order valence-electron chi connectivity index (χ2n) is 3.28. The van der Waals surface area contributed by atoms with Crippen LogP contribution in [0.1, 0.15) is 27.2 Å². The monoisotopic (exact) mass is 405 g/mol. The van der Waals surface area contributed by atoms with Crippen LogP contribution in [0, 0.1) is 0 Å². The molecule has 0 aliphatic carbocycles. The zero-order valence-electron chi connectivity index (χ0n) is 13.4. The minimum Gasteiger partial charge on any atom is -0.680 e. The molecule has 0 spiro atoms. The number of rotatable bonds is 8. The minimum absolute atomic E-state index is 0. The van der Waals surface area contributed by atoms with Gasteiger partial charge in [0, 0.05) is 46.4 Å². The standard InChI is InChI=1S/C9H24N2O4P2.CH4N.Y/c1-6-9-15-17(10-4,14-8-3)11-16(5,12)13-7-2;1-2;/h12H,6-9H2,1-5H3;2H,1H3;/q;-1;. The van der Waals surface area contributed by atoms with Crippen LogP contribution in [0.15, 0.2) is 9.26 Å². The molecule has 0 heterocycles. The fourth-order valence-corrected chi connectivity index (χ4v) is 5.27. The molecule has 0 aliphatic heterocycles. The summed E-state index contributed by atoms with van der Waals surface area (Å²) in [5.41, 5.74) is 5.75. The van der Waals surface area contributed by atoms with Crippen LogP contribution in [0.2, 0.25) is 0 Å². The summed E-state index contributed by atoms with van der Waals surface area (Å²) in [7, 11) is -2.70. The van der Waals surface area contributed by atoms with Gasteiger partial charge in [-0.25, -0.2) is 4.74 Å². The molecule has 0 saturated carbocycles. The summed E-state index contributed by atoms with van der Waals surface area (Å²) >= 11 is 0. The van der Waals surface area contributed by atoms with Gasteiger partial charge in [-0.2, -0.15) is 11.6 Å². The minimum atomic E-state index is -2.82. The van der Waals surface area contributed by atoms with Crippen molar-refractivity contribution in [2.24, 2.45) is 9.26 Å². The van der Waals surface area contributed by atoms with Gasteiger partial charge in [-0.05, 0) is 20.3 Å². The molecule has 0 aromatic rings. The van der Waals surface area contributed by atoms with Crippen molar-refractivity contribution < 1.29 is 51.2 Å². The van der Waals surface area contributed by atoms with E-state index in [1.165, 1.54) is 7.05 Å². The molecule has 0 saturated heterocycles. The number of hydrogen-bond acceptors (Lipinski definition) is 4. The normalized spacial score (nSPS) is 15.8. The summed E-state index contributed by atoms with van der Waals surface area (Å²) in [6, 6.07) is 0. The van der Waals surface area contributed by atoms with Gasteiger partial charge in [0.25, 0.3) is 0 Å². The molecule has 0 amide bonds. The summed E-state index contributed by atoms with van der Waals surface area (Å²) in [5, 5.41) is 0. The van der Waals surface area contributed by atoms with Crippen LogP contribution in [-0.2, 0) is 46.3 Å². The Morgan fingerprint density at radius 1 is 1.05 bits per heavy atom. The molecule has 121 valence electrons. The van der Waals surface area contributed by atoms with Crippen molar-refractivity contribution in [3.63, 3.8) is 0 Å². The van der Waals surface area contributed by atoms with Crippen molar-refractivity contribution in [1.82, 2.24) is 0 Å². The third-order valence-electron chi connectivity index (χ3n) is 1.67. The van der Waals surface area contributed by atoms with Gasteiger partial charge < -0.3 is 24.2 Å². The zero-order valence-corrected chi connectivity index (χ0v) is 18.0. The summed E-state index contributed by atoms with van der Waals surface area (Å²) in [4.78, 5) is 10.0. The Hall–Kier alpha value is 1.36. The van der Waals surface area contributed by atoms with Gasteiger partial charge in [0.1, 0.15) is 0 Å². The first-order valence-electron chi connectivity index (χ1n) is 6.23. The average molecular weight is 405 g/mol. The fraction of sp³-hybridized carbons (Fsp3) is 1.00. The van der Waals surface area contributed by atoms with Crippen molar-refractivity contribution in [3.05, 3.63) is 5.73 Å². The van der Waals surface area contributed by atoms with E-state index in [1.54, 1.807) is 20.6 Å². The summed E-state index contributed by atoms with van der Waals surface area (Å²) in [5.74, 6) is 0. The Labute approximate surface area is 148 Å². The van der Waals surface area contributed by atoms with Crippen molar-refractivity contribution in [3.8, 4) is 0 Å². The molecule has 0 aromatic heterocycles. The molecule has 7 nitrogen and oxygen atoms in total. The van der Waals surface area contributed by atoms with Crippen molar-refractivity contribution in [2.45, 2.75) is 27.2 Å². The van der Waals surface area contributed by atoms with Crippen LogP contribution < -0.4 is 0 Å². The topological polar surface area (TPSA) is 96.4 Å². The Morgan fingerprint density at radius 2 is 1.55 bits per heavy atom. The van der Waals surface area contributed by atoms with E-state index in [4.69, 9.17) is 19.3 Å². The van der Waals surface area contributed by atoms with Crippen LogP contribution in [0.3, 0.4) is 0 Å². The molecule has 0 aliphatic rings. The second kappa shape index (κ2) is 15.3. The van der Waals surface area contributed by atoms with Gasteiger partial charge in [0.05, 0.1) is 19.8 Å². The SMILES string of the molecule is CCCOP(N=P(C)(O)OCC)(=NC)OCC.C[NH-].[Y]. The molecule has 0 aromatic carbocycles. The van der Waals surface area contributed by atoms with Crippen LogP contribution in [0.25, 0.3) is 5.73 Å². The first-order valence-corrected chi connectivity index (χ1v) is 9.82. The maximum Gasteiger partial charge on any atom is 0.338 e. The molecule has 10 heteroatoms. The van der Waals surface area contributed by atoms with E-state index in [9.17, 15) is 4.89 Å². The van der Waals surface area contributed by atoms with Gasteiger partial charge in [-0.3, -0.25) is 0 Å². The van der Waals surface area contributed by atoms with Gasteiger partial charge >= 0.3 is 7.66 Å². The van der Waals surface area contributed by atoms with E-state index in [1.807, 2.05) is 13.8 Å². The molecule has 0 bridgehead atoms. The van der Waals surface area contributed by atoms with E-state index in [0.29, 0.717) is 19.8 Å². The van der Waals surface area contributed by atoms with Crippen molar-refractivity contribution in [1.29, 1.82) is 0 Å². The van der Waals surface area contributed by atoms with Gasteiger partial charge in [0.15, 0.2) is 0 Å². The van der Waals surface area contributed by atoms with E-state index in [-0.39, 0.29) is 32.7 Å². The predicted molar refractivity (Wildman–Crippen MR) is 82.5 cm³/mol. The predicted octanol–water partition coefficient (Wildman–Crippen LogP) is 4.38. The molecule has 2 unspecified atom stereocenters. The van der Waals surface area contributed by atoms with Crippen LogP contribution in [-0.4, -0.2) is 45.5 Å². The van der Waals surface area contributed by atoms with Crippen LogP contribution >= 0.6 is 15.2 Å². The maximum atomic E-state index is 10.0. The molecule has 0 fully saturated rings. The van der Waals surface area contributed by atoms with Crippen LogP contribution in [0.5, 0.6) is 0 Å². The maximum absolute atomic E-state index is 10.0. The Bertz CT molecular complexity index is 324. The molecular weight excluding hydrogens is 377 g/mol. The fourth-order valence-electron chi connectivity index (χ4n) is 1.10. The summed E-state index contributed by atoms with van der Waals surface area (Å²) < 4.78 is 24.6. The average Bonchev–Trinajstić information content (AvgIpc) is 2.38. The van der Waals surface area contributed by atoms with E-state index in [0.717, 1.165) is 6.42 Å². The zero-order chi connectivity index (χ0) is 15.4. The third-order valence-corrected chi connectivity index (χ3v) is 6.26. The number of nitrogens with one attached hydrogen (secondary N) is 1.